The first-order chi connectivity index (χ1) is 21.3. The second-order valence-electron chi connectivity index (χ2n) is 10.3. The normalized spacial score (nSPS) is 16.3. The molecule has 3 aromatic heterocycles. The molecule has 1 aliphatic rings. The van der Waals surface area contributed by atoms with Gasteiger partial charge < -0.3 is 14.2 Å². The van der Waals surface area contributed by atoms with E-state index in [1.807, 2.05) is 73.8 Å². The van der Waals surface area contributed by atoms with E-state index < -0.39 is 17.7 Å². The van der Waals surface area contributed by atoms with Crippen LogP contribution >= 0.6 is 34.7 Å². The van der Waals surface area contributed by atoms with Crippen LogP contribution in [0.2, 0.25) is 5.02 Å². The van der Waals surface area contributed by atoms with Gasteiger partial charge in [-0.1, -0.05) is 78.0 Å². The van der Waals surface area contributed by atoms with Gasteiger partial charge in [-0.25, -0.2) is 4.98 Å². The zero-order valence-corrected chi connectivity index (χ0v) is 26.5. The monoisotopic (exact) mass is 645 g/mol. The van der Waals surface area contributed by atoms with Crippen molar-refractivity contribution in [3.63, 3.8) is 0 Å². The second kappa shape index (κ2) is 12.4. The molecule has 1 fully saturated rings. The molecular formula is C32H28ClN5O4S2. The number of carbonyl (C=O) groups excluding carboxylic acids is 2. The SMILES string of the molecule is CCCOc1cccc(C2/C(=C(\O)c3nc4c(C)cccn4c3C)C(=O)C(=O)N2c2nnc(SCc3ccccc3Cl)s2)c1. The van der Waals surface area contributed by atoms with Crippen molar-refractivity contribution >= 4 is 62.9 Å². The van der Waals surface area contributed by atoms with E-state index in [0.29, 0.717) is 44.4 Å². The number of halogens is 1. The highest BCUT2D eigenvalue weighted by atomic mass is 35.5. The number of Topliss-reactive ketones (excluding diaryl/α,β-unsaturated/α-hetero) is 1. The van der Waals surface area contributed by atoms with Crippen LogP contribution in [-0.4, -0.2) is 43.0 Å². The summed E-state index contributed by atoms with van der Waals surface area (Å²) in [6.07, 6.45) is 2.66. The van der Waals surface area contributed by atoms with E-state index in [2.05, 4.69) is 15.2 Å². The predicted octanol–water partition coefficient (Wildman–Crippen LogP) is 7.16. The zero-order chi connectivity index (χ0) is 31.0. The molecule has 0 saturated carbocycles. The third-order valence-electron chi connectivity index (χ3n) is 7.31. The van der Waals surface area contributed by atoms with Crippen molar-refractivity contribution in [1.29, 1.82) is 0 Å². The molecule has 224 valence electrons. The number of benzene rings is 2. The van der Waals surface area contributed by atoms with Gasteiger partial charge in [-0.3, -0.25) is 14.5 Å². The van der Waals surface area contributed by atoms with Crippen LogP contribution in [0.1, 0.15) is 47.5 Å². The van der Waals surface area contributed by atoms with Crippen LogP contribution in [0.4, 0.5) is 5.13 Å². The molecule has 0 aliphatic carbocycles. The van der Waals surface area contributed by atoms with Gasteiger partial charge in [-0.15, -0.1) is 10.2 Å². The van der Waals surface area contributed by atoms with Crippen LogP contribution in [0, 0.1) is 13.8 Å². The molecule has 9 nitrogen and oxygen atoms in total. The molecule has 4 heterocycles. The molecule has 1 aliphatic heterocycles. The van der Waals surface area contributed by atoms with E-state index in [4.69, 9.17) is 16.3 Å². The smallest absolute Gasteiger partial charge is 0.301 e. The lowest BCUT2D eigenvalue weighted by atomic mass is 9.96. The molecule has 1 saturated heterocycles. The highest BCUT2D eigenvalue weighted by Crippen LogP contribution is 2.45. The highest BCUT2D eigenvalue weighted by molar-refractivity contribution is 8.00. The third kappa shape index (κ3) is 5.47. The van der Waals surface area contributed by atoms with Gasteiger partial charge in [0.2, 0.25) is 5.13 Å². The fourth-order valence-electron chi connectivity index (χ4n) is 5.13. The van der Waals surface area contributed by atoms with Gasteiger partial charge in [0.25, 0.3) is 5.78 Å². The van der Waals surface area contributed by atoms with Gasteiger partial charge in [0.05, 0.1) is 23.9 Å². The van der Waals surface area contributed by atoms with Crippen LogP contribution in [0.15, 0.2) is 76.8 Å². The molecule has 1 amide bonds. The predicted molar refractivity (Wildman–Crippen MR) is 173 cm³/mol. The Morgan fingerprint density at radius 3 is 2.68 bits per heavy atom. The van der Waals surface area contributed by atoms with E-state index in [-0.39, 0.29) is 22.2 Å². The molecule has 12 heteroatoms. The average molecular weight is 646 g/mol. The molecule has 0 radical (unpaired) electrons. The Labute approximate surface area is 267 Å². The topological polar surface area (TPSA) is 110 Å². The number of aryl methyl sites for hydroxylation is 2. The highest BCUT2D eigenvalue weighted by Gasteiger charge is 2.49. The fraction of sp³-hybridized carbons (Fsp3) is 0.219. The molecule has 1 N–H and O–H groups in total. The zero-order valence-electron chi connectivity index (χ0n) is 24.2. The van der Waals surface area contributed by atoms with Crippen molar-refractivity contribution < 1.29 is 19.4 Å². The van der Waals surface area contributed by atoms with Crippen LogP contribution < -0.4 is 9.64 Å². The summed E-state index contributed by atoms with van der Waals surface area (Å²) in [4.78, 5) is 33.5. The number of hydrogen-bond acceptors (Lipinski definition) is 9. The first-order valence-electron chi connectivity index (χ1n) is 14.0. The molecule has 2 aromatic carbocycles. The number of carbonyl (C=O) groups is 2. The van der Waals surface area contributed by atoms with E-state index in [9.17, 15) is 14.7 Å². The third-order valence-corrected chi connectivity index (χ3v) is 9.78. The minimum absolute atomic E-state index is 0.0766. The van der Waals surface area contributed by atoms with Crippen molar-refractivity contribution in [1.82, 2.24) is 19.6 Å². The number of rotatable bonds is 9. The number of thioether (sulfide) groups is 1. The Kier molecular flexibility index (Phi) is 8.44. The fourth-order valence-corrected chi connectivity index (χ4v) is 7.28. The molecule has 44 heavy (non-hydrogen) atoms. The Balaban J connectivity index is 1.45. The Morgan fingerprint density at radius 2 is 1.91 bits per heavy atom. The summed E-state index contributed by atoms with van der Waals surface area (Å²) >= 11 is 8.95. The van der Waals surface area contributed by atoms with E-state index in [1.165, 1.54) is 28.0 Å². The van der Waals surface area contributed by atoms with E-state index in [0.717, 1.165) is 17.5 Å². The molecule has 1 atom stereocenters. The Morgan fingerprint density at radius 1 is 1.09 bits per heavy atom. The summed E-state index contributed by atoms with van der Waals surface area (Å²) < 4.78 is 8.32. The standard InChI is InChI=1S/C32H28ClN5O4S2/c1-4-15-42-22-12-7-11-20(16-22)26-24(27(39)25-19(3)37-14-8-9-18(2)29(37)34-25)28(40)30(41)38(26)31-35-36-32(44-31)43-17-21-10-5-6-13-23(21)33/h5-14,16,26,39H,4,15,17H2,1-3H3/b27-24+. The van der Waals surface area contributed by atoms with Crippen LogP contribution in [0.25, 0.3) is 11.4 Å². The number of fused-ring (bicyclic) bond motifs is 1. The van der Waals surface area contributed by atoms with Crippen molar-refractivity contribution in [3.05, 3.63) is 106 Å². The summed E-state index contributed by atoms with van der Waals surface area (Å²) in [6.45, 7) is 6.25. The lowest BCUT2D eigenvalue weighted by Gasteiger charge is -2.23. The number of pyridine rings is 1. The van der Waals surface area contributed by atoms with Gasteiger partial charge in [0.15, 0.2) is 10.1 Å². The number of amides is 1. The molecule has 0 spiro atoms. The lowest BCUT2D eigenvalue weighted by molar-refractivity contribution is -0.132. The van der Waals surface area contributed by atoms with Gasteiger partial charge in [-0.05, 0) is 61.2 Å². The largest absolute Gasteiger partial charge is 0.505 e. The lowest BCUT2D eigenvalue weighted by Crippen LogP contribution is -2.29. The number of hydrogen-bond donors (Lipinski definition) is 1. The molecule has 0 bridgehead atoms. The number of aliphatic hydroxyl groups excluding tert-OH is 1. The number of aliphatic hydroxyl groups is 1. The summed E-state index contributed by atoms with van der Waals surface area (Å²) in [6, 6.07) is 17.6. The number of nitrogens with zero attached hydrogens (tertiary/aromatic N) is 5. The van der Waals surface area contributed by atoms with Gasteiger partial charge in [0, 0.05) is 17.0 Å². The summed E-state index contributed by atoms with van der Waals surface area (Å²) in [5, 5.41) is 21.2. The first-order valence-corrected chi connectivity index (χ1v) is 16.1. The minimum Gasteiger partial charge on any atom is -0.505 e. The molecule has 1 unspecified atom stereocenters. The summed E-state index contributed by atoms with van der Waals surface area (Å²) in [5.41, 5.74) is 3.87. The maximum absolute atomic E-state index is 13.8. The summed E-state index contributed by atoms with van der Waals surface area (Å²) in [7, 11) is 0. The van der Waals surface area contributed by atoms with E-state index >= 15 is 0 Å². The number of anilines is 1. The van der Waals surface area contributed by atoms with Crippen molar-refractivity contribution in [3.8, 4) is 5.75 Å². The Hall–Kier alpha value is -4.19. The minimum atomic E-state index is -0.986. The van der Waals surface area contributed by atoms with Crippen LogP contribution in [-0.2, 0) is 15.3 Å². The molecular weight excluding hydrogens is 618 g/mol. The Bertz CT molecular complexity index is 1930. The number of ether oxygens (including phenoxy) is 1. The first kappa shape index (κ1) is 29.9. The maximum Gasteiger partial charge on any atom is 0.301 e. The molecule has 5 aromatic rings. The number of imidazole rings is 1. The quantitative estimate of drug-likeness (QED) is 0.0591. The number of aromatic nitrogens is 4. The van der Waals surface area contributed by atoms with Crippen molar-refractivity contribution in [2.45, 2.75) is 43.3 Å². The van der Waals surface area contributed by atoms with Gasteiger partial charge >= 0.3 is 5.91 Å². The van der Waals surface area contributed by atoms with Crippen LogP contribution in [0.5, 0.6) is 5.75 Å². The van der Waals surface area contributed by atoms with Crippen molar-refractivity contribution in [2.24, 2.45) is 0 Å². The van der Waals surface area contributed by atoms with Crippen LogP contribution in [0.3, 0.4) is 0 Å². The van der Waals surface area contributed by atoms with Crippen molar-refractivity contribution in [2.75, 3.05) is 11.5 Å². The number of ketones is 1. The maximum atomic E-state index is 13.8. The van der Waals surface area contributed by atoms with Gasteiger partial charge in [0.1, 0.15) is 17.1 Å². The van der Waals surface area contributed by atoms with E-state index in [1.54, 1.807) is 18.2 Å². The second-order valence-corrected chi connectivity index (χ2v) is 12.8. The average Bonchev–Trinajstić information content (AvgIpc) is 3.70. The summed E-state index contributed by atoms with van der Waals surface area (Å²) in [5.74, 6) is -0.856. The molecule has 6 rings (SSSR count). The van der Waals surface area contributed by atoms with Gasteiger partial charge in [-0.2, -0.15) is 0 Å².